The molecule has 0 aliphatic heterocycles. The first-order valence-corrected chi connectivity index (χ1v) is 9.07. The Morgan fingerprint density at radius 1 is 1.19 bits per heavy atom. The lowest BCUT2D eigenvalue weighted by Gasteiger charge is -2.45. The molecular weight excluding hydrogens is 220 g/mol. The molecule has 1 rings (SSSR count). The van der Waals surface area contributed by atoms with E-state index < -0.39 is 14.1 Å². The second-order valence-corrected chi connectivity index (χ2v) is 11.3. The van der Waals surface area contributed by atoms with Crippen LogP contribution in [0.3, 0.4) is 0 Å². The van der Waals surface area contributed by atoms with Crippen LogP contribution in [0.5, 0.6) is 0 Å². The number of aliphatic hydroxyl groups is 2. The molecule has 1 saturated carbocycles. The third-order valence-electron chi connectivity index (χ3n) is 3.99. The van der Waals surface area contributed by atoms with E-state index in [9.17, 15) is 10.2 Å². The number of hydrogen-bond donors (Lipinski definition) is 2. The topological polar surface area (TPSA) is 49.7 Å². The summed E-state index contributed by atoms with van der Waals surface area (Å²) in [6.07, 6.45) is 2.14. The van der Waals surface area contributed by atoms with Crippen LogP contribution in [0, 0.1) is 0 Å². The Morgan fingerprint density at radius 2 is 1.62 bits per heavy atom. The third kappa shape index (κ3) is 3.29. The van der Waals surface area contributed by atoms with E-state index in [1.807, 2.05) is 0 Å². The molecule has 2 N–H and O–H groups in total. The van der Waals surface area contributed by atoms with Crippen LogP contribution >= 0.6 is 0 Å². The second kappa shape index (κ2) is 4.41. The van der Waals surface area contributed by atoms with Crippen LogP contribution in [-0.4, -0.2) is 30.4 Å². The summed E-state index contributed by atoms with van der Waals surface area (Å²) < 4.78 is 6.06. The summed E-state index contributed by atoms with van der Waals surface area (Å²) >= 11 is 0. The Balaban J connectivity index is 2.66. The highest BCUT2D eigenvalue weighted by molar-refractivity contribution is 6.74. The van der Waals surface area contributed by atoms with Gasteiger partial charge in [-0.1, -0.05) is 20.8 Å². The molecule has 0 bridgehead atoms. The standard InChI is InChI=1S/C12H26O3Si/c1-11(2,3)16(4,5)15-12(14)8-6-10(13)7-9-12/h10,13-14H,6-9H2,1-5H3. The molecule has 0 aromatic heterocycles. The minimum absolute atomic E-state index is 0.110. The van der Waals surface area contributed by atoms with Crippen molar-refractivity contribution in [2.75, 3.05) is 0 Å². The van der Waals surface area contributed by atoms with Gasteiger partial charge in [0, 0.05) is 12.8 Å². The highest BCUT2D eigenvalue weighted by Gasteiger charge is 2.45. The van der Waals surface area contributed by atoms with Crippen LogP contribution in [0.4, 0.5) is 0 Å². The van der Waals surface area contributed by atoms with E-state index in [0.29, 0.717) is 25.7 Å². The molecule has 4 heteroatoms. The highest BCUT2D eigenvalue weighted by Crippen LogP contribution is 2.41. The van der Waals surface area contributed by atoms with E-state index in [1.54, 1.807) is 0 Å². The zero-order valence-electron chi connectivity index (χ0n) is 11.2. The van der Waals surface area contributed by atoms with Gasteiger partial charge in [-0.25, -0.2) is 0 Å². The lowest BCUT2D eigenvalue weighted by molar-refractivity contribution is -0.179. The maximum Gasteiger partial charge on any atom is 0.195 e. The van der Waals surface area contributed by atoms with E-state index in [2.05, 4.69) is 33.9 Å². The number of hydrogen-bond acceptors (Lipinski definition) is 3. The lowest BCUT2D eigenvalue weighted by Crippen LogP contribution is -2.51. The minimum Gasteiger partial charge on any atom is -0.393 e. The molecule has 0 aromatic rings. The molecule has 0 atom stereocenters. The van der Waals surface area contributed by atoms with Crippen molar-refractivity contribution in [3.05, 3.63) is 0 Å². The molecule has 1 aliphatic rings. The van der Waals surface area contributed by atoms with Gasteiger partial charge in [0.25, 0.3) is 0 Å². The summed E-state index contributed by atoms with van der Waals surface area (Å²) in [7, 11) is -1.92. The highest BCUT2D eigenvalue weighted by atomic mass is 28.4. The van der Waals surface area contributed by atoms with Gasteiger partial charge in [0.05, 0.1) is 6.10 Å². The fourth-order valence-electron chi connectivity index (χ4n) is 1.78. The van der Waals surface area contributed by atoms with Crippen LogP contribution in [0.25, 0.3) is 0 Å². The average Bonchev–Trinajstić information content (AvgIpc) is 2.08. The molecule has 0 unspecified atom stereocenters. The van der Waals surface area contributed by atoms with Crippen LogP contribution in [0.15, 0.2) is 0 Å². The quantitative estimate of drug-likeness (QED) is 0.582. The van der Waals surface area contributed by atoms with Gasteiger partial charge in [-0.05, 0) is 31.0 Å². The van der Waals surface area contributed by atoms with E-state index in [0.717, 1.165) is 0 Å². The SMILES string of the molecule is CC(C)(C)[Si](C)(C)OC1(O)CCC(O)CC1. The van der Waals surface area contributed by atoms with Gasteiger partial charge in [-0.15, -0.1) is 0 Å². The van der Waals surface area contributed by atoms with E-state index >= 15 is 0 Å². The van der Waals surface area contributed by atoms with Crippen LogP contribution in [0.1, 0.15) is 46.5 Å². The van der Waals surface area contributed by atoms with Crippen LogP contribution < -0.4 is 0 Å². The van der Waals surface area contributed by atoms with Gasteiger partial charge in [-0.3, -0.25) is 0 Å². The minimum atomic E-state index is -1.92. The Bertz CT molecular complexity index is 237. The van der Waals surface area contributed by atoms with Crippen molar-refractivity contribution in [1.29, 1.82) is 0 Å². The van der Waals surface area contributed by atoms with E-state index in [4.69, 9.17) is 4.43 Å². The van der Waals surface area contributed by atoms with Crippen molar-refractivity contribution in [1.82, 2.24) is 0 Å². The molecule has 1 fully saturated rings. The smallest absolute Gasteiger partial charge is 0.195 e. The summed E-state index contributed by atoms with van der Waals surface area (Å²) in [5, 5.41) is 19.9. The van der Waals surface area contributed by atoms with Crippen LogP contribution in [-0.2, 0) is 4.43 Å². The molecule has 3 nitrogen and oxygen atoms in total. The molecule has 0 radical (unpaired) electrons. The lowest BCUT2D eigenvalue weighted by atomic mass is 9.92. The zero-order valence-corrected chi connectivity index (χ0v) is 12.2. The van der Waals surface area contributed by atoms with Gasteiger partial charge >= 0.3 is 0 Å². The van der Waals surface area contributed by atoms with Crippen molar-refractivity contribution in [3.63, 3.8) is 0 Å². The molecule has 0 aromatic carbocycles. The van der Waals surface area contributed by atoms with Gasteiger partial charge in [-0.2, -0.15) is 0 Å². The Labute approximate surface area is 100.0 Å². The van der Waals surface area contributed by atoms with E-state index in [1.165, 1.54) is 0 Å². The predicted molar refractivity (Wildman–Crippen MR) is 67.7 cm³/mol. The van der Waals surface area contributed by atoms with Crippen molar-refractivity contribution in [3.8, 4) is 0 Å². The molecule has 96 valence electrons. The van der Waals surface area contributed by atoms with Gasteiger partial charge in [0.1, 0.15) is 0 Å². The maximum absolute atomic E-state index is 10.4. The average molecular weight is 246 g/mol. The van der Waals surface area contributed by atoms with E-state index in [-0.39, 0.29) is 11.1 Å². The molecule has 1 aliphatic carbocycles. The monoisotopic (exact) mass is 246 g/mol. The molecule has 0 saturated heterocycles. The molecule has 16 heavy (non-hydrogen) atoms. The number of rotatable bonds is 2. The van der Waals surface area contributed by atoms with Crippen molar-refractivity contribution in [2.45, 2.75) is 76.5 Å². The Morgan fingerprint density at radius 3 is 2.00 bits per heavy atom. The molecule has 0 spiro atoms. The summed E-state index contributed by atoms with van der Waals surface area (Å²) in [5.41, 5.74) is 0. The molecular formula is C12H26O3Si. The summed E-state index contributed by atoms with van der Waals surface area (Å²) in [6, 6.07) is 0. The Hall–Kier alpha value is 0.0969. The van der Waals surface area contributed by atoms with Crippen LogP contribution in [0.2, 0.25) is 18.1 Å². The summed E-state index contributed by atoms with van der Waals surface area (Å²) in [4.78, 5) is 0. The summed E-state index contributed by atoms with van der Waals surface area (Å²) in [5.74, 6) is -0.998. The zero-order chi connectivity index (χ0) is 12.6. The van der Waals surface area contributed by atoms with Crippen molar-refractivity contribution >= 4 is 8.32 Å². The summed E-state index contributed by atoms with van der Waals surface area (Å²) in [6.45, 7) is 10.8. The third-order valence-corrected chi connectivity index (χ3v) is 8.49. The van der Waals surface area contributed by atoms with Gasteiger partial charge in [0.2, 0.25) is 0 Å². The fraction of sp³-hybridized carbons (Fsp3) is 1.00. The largest absolute Gasteiger partial charge is 0.393 e. The first-order valence-electron chi connectivity index (χ1n) is 6.16. The van der Waals surface area contributed by atoms with Crippen molar-refractivity contribution in [2.24, 2.45) is 0 Å². The van der Waals surface area contributed by atoms with Crippen molar-refractivity contribution < 1.29 is 14.6 Å². The Kier molecular flexibility index (Phi) is 3.90. The first-order chi connectivity index (χ1) is 7.06. The van der Waals surface area contributed by atoms with Gasteiger partial charge in [0.15, 0.2) is 14.1 Å². The predicted octanol–water partition coefficient (Wildman–Crippen LogP) is 2.63. The molecule has 0 heterocycles. The maximum atomic E-state index is 10.4. The normalized spacial score (nSPS) is 32.8. The van der Waals surface area contributed by atoms with Gasteiger partial charge < -0.3 is 14.6 Å². The fourth-order valence-corrected chi connectivity index (χ4v) is 3.24. The number of aliphatic hydroxyl groups excluding tert-OH is 1. The second-order valence-electron chi connectivity index (χ2n) is 6.54. The molecule has 0 amide bonds. The first kappa shape index (κ1) is 14.2.